The Labute approximate surface area is 218 Å². The van der Waals surface area contributed by atoms with Crippen molar-refractivity contribution in [1.82, 2.24) is 24.3 Å². The second kappa shape index (κ2) is 10.5. The zero-order valence-corrected chi connectivity index (χ0v) is 21.3. The number of halogens is 3. The molecule has 0 aliphatic carbocycles. The molecule has 1 aliphatic heterocycles. The number of likely N-dealkylation sites (N-methyl/N-ethyl adjacent to an activating group) is 1. The lowest BCUT2D eigenvalue weighted by atomic mass is 10.0. The van der Waals surface area contributed by atoms with Gasteiger partial charge in [-0.1, -0.05) is 13.0 Å². The van der Waals surface area contributed by atoms with Crippen LogP contribution < -0.4 is 15.8 Å². The van der Waals surface area contributed by atoms with Gasteiger partial charge in [0.25, 0.3) is 0 Å². The van der Waals surface area contributed by atoms with Gasteiger partial charge in [-0.25, -0.2) is 9.97 Å². The van der Waals surface area contributed by atoms with Gasteiger partial charge in [0.05, 0.1) is 16.6 Å². The van der Waals surface area contributed by atoms with Crippen LogP contribution in [0.5, 0.6) is 11.5 Å². The summed E-state index contributed by atoms with van der Waals surface area (Å²) in [5.41, 5.74) is 7.11. The summed E-state index contributed by atoms with van der Waals surface area (Å²) in [6.45, 7) is 6.57. The Balaban J connectivity index is 1.36. The smallest absolute Gasteiger partial charge is 0.416 e. The second-order valence-corrected chi connectivity index (χ2v) is 9.37. The third-order valence-corrected chi connectivity index (χ3v) is 6.82. The molecule has 0 atom stereocenters. The van der Waals surface area contributed by atoms with E-state index >= 15 is 0 Å². The number of fused-ring (bicyclic) bond motifs is 1. The fraction of sp³-hybridized carbons (Fsp3) is 0.333. The molecule has 38 heavy (non-hydrogen) atoms. The Kier molecular flexibility index (Phi) is 7.13. The number of rotatable bonds is 7. The van der Waals surface area contributed by atoms with E-state index in [1.165, 1.54) is 6.07 Å². The third-order valence-electron chi connectivity index (χ3n) is 6.82. The van der Waals surface area contributed by atoms with Crippen molar-refractivity contribution in [3.63, 3.8) is 0 Å². The highest BCUT2D eigenvalue weighted by Crippen LogP contribution is 2.36. The number of alkyl halides is 3. The average molecular weight is 526 g/mol. The number of aryl methyl sites for hydroxylation is 1. The van der Waals surface area contributed by atoms with Crippen LogP contribution >= 0.6 is 0 Å². The number of hydrogen-bond acceptors (Lipinski definition) is 7. The van der Waals surface area contributed by atoms with Crippen molar-refractivity contribution >= 4 is 28.5 Å². The summed E-state index contributed by atoms with van der Waals surface area (Å²) in [6, 6.07) is 13.1. The highest BCUT2D eigenvalue weighted by molar-refractivity contribution is 5.81. The van der Waals surface area contributed by atoms with Gasteiger partial charge in [-0.15, -0.1) is 0 Å². The Morgan fingerprint density at radius 3 is 2.42 bits per heavy atom. The molecule has 0 bridgehead atoms. The molecule has 0 spiro atoms. The van der Waals surface area contributed by atoms with Gasteiger partial charge in [-0.2, -0.15) is 13.2 Å². The zero-order chi connectivity index (χ0) is 26.9. The Bertz CT molecular complexity index is 1430. The summed E-state index contributed by atoms with van der Waals surface area (Å²) in [5.74, 6) is 1.88. The molecular formula is C27H30F3N7O. The van der Waals surface area contributed by atoms with Crippen LogP contribution in [0.1, 0.15) is 18.1 Å². The maximum Gasteiger partial charge on any atom is 0.416 e. The second-order valence-electron chi connectivity index (χ2n) is 9.37. The van der Waals surface area contributed by atoms with Gasteiger partial charge in [0.2, 0.25) is 5.95 Å². The summed E-state index contributed by atoms with van der Waals surface area (Å²) in [4.78, 5) is 12.9. The Morgan fingerprint density at radius 2 is 1.71 bits per heavy atom. The first kappa shape index (κ1) is 25.8. The first-order chi connectivity index (χ1) is 18.2. The topological polar surface area (TPSA) is 84.5 Å². The normalized spacial score (nSPS) is 15.2. The van der Waals surface area contributed by atoms with E-state index in [4.69, 9.17) is 10.5 Å². The SMILES string of the molecule is CCN1CCN(Cc2ccc(Nc3nc4ccc(Oc5ccnc(N)c5)cc4n3C)cc2C(F)(F)F)CC1. The van der Waals surface area contributed by atoms with Crippen molar-refractivity contribution in [1.29, 1.82) is 0 Å². The summed E-state index contributed by atoms with van der Waals surface area (Å²) < 4.78 is 49.7. The number of ether oxygens (including phenoxy) is 1. The monoisotopic (exact) mass is 525 g/mol. The van der Waals surface area contributed by atoms with Crippen molar-refractivity contribution in [2.75, 3.05) is 43.8 Å². The van der Waals surface area contributed by atoms with E-state index in [-0.39, 0.29) is 12.1 Å². The minimum absolute atomic E-state index is 0.269. The molecule has 3 heterocycles. The number of nitrogens with zero attached hydrogens (tertiary/aromatic N) is 5. The summed E-state index contributed by atoms with van der Waals surface area (Å²) in [7, 11) is 1.79. The molecular weight excluding hydrogens is 495 g/mol. The van der Waals surface area contributed by atoms with Crippen molar-refractivity contribution < 1.29 is 17.9 Å². The number of imidazole rings is 1. The number of pyridine rings is 1. The van der Waals surface area contributed by atoms with Crippen molar-refractivity contribution in [2.24, 2.45) is 7.05 Å². The largest absolute Gasteiger partial charge is 0.457 e. The number of anilines is 3. The number of nitrogen functional groups attached to an aromatic ring is 1. The summed E-state index contributed by atoms with van der Waals surface area (Å²) >= 11 is 0. The Hall–Kier alpha value is -3.83. The van der Waals surface area contributed by atoms with Crippen LogP contribution in [0.15, 0.2) is 54.7 Å². The maximum absolute atomic E-state index is 14.0. The third kappa shape index (κ3) is 5.68. The minimum atomic E-state index is -4.47. The van der Waals surface area contributed by atoms with Gasteiger partial charge in [-0.05, 0) is 42.4 Å². The van der Waals surface area contributed by atoms with Crippen molar-refractivity contribution in [2.45, 2.75) is 19.6 Å². The molecule has 0 radical (unpaired) electrons. The Morgan fingerprint density at radius 1 is 0.974 bits per heavy atom. The lowest BCUT2D eigenvalue weighted by molar-refractivity contribution is -0.138. The predicted octanol–water partition coefficient (Wildman–Crippen LogP) is 5.24. The highest BCUT2D eigenvalue weighted by Gasteiger charge is 2.34. The lowest BCUT2D eigenvalue weighted by Gasteiger charge is -2.34. The molecule has 1 saturated heterocycles. The van der Waals surface area contributed by atoms with Crippen LogP contribution in [0.4, 0.5) is 30.6 Å². The molecule has 1 aliphatic rings. The summed E-state index contributed by atoms with van der Waals surface area (Å²) in [5, 5.41) is 3.06. The van der Waals surface area contributed by atoms with Crippen molar-refractivity contribution in [3.8, 4) is 11.5 Å². The first-order valence-electron chi connectivity index (χ1n) is 12.5. The molecule has 0 saturated carbocycles. The maximum atomic E-state index is 14.0. The number of piperazine rings is 1. The molecule has 4 aromatic rings. The van der Waals surface area contributed by atoms with E-state index in [0.29, 0.717) is 34.5 Å². The van der Waals surface area contributed by atoms with Crippen LogP contribution in [-0.4, -0.2) is 57.1 Å². The van der Waals surface area contributed by atoms with E-state index in [2.05, 4.69) is 32.0 Å². The lowest BCUT2D eigenvalue weighted by Crippen LogP contribution is -2.45. The molecule has 1 fully saturated rings. The predicted molar refractivity (Wildman–Crippen MR) is 142 cm³/mol. The van der Waals surface area contributed by atoms with Gasteiger partial charge in [0, 0.05) is 63.8 Å². The standard InChI is InChI=1S/C27H30F3N7O/c1-3-36-10-12-37(13-11-36)17-18-4-5-19(14-22(18)27(28,29)30)33-26-34-23-7-6-20(15-24(23)35(26)2)38-21-8-9-32-25(31)16-21/h4-9,14-16H,3,10-13,17H2,1-2H3,(H2,31,32)(H,33,34). The van der Waals surface area contributed by atoms with Crippen LogP contribution in [0.2, 0.25) is 0 Å². The van der Waals surface area contributed by atoms with E-state index < -0.39 is 11.7 Å². The van der Waals surface area contributed by atoms with E-state index in [0.717, 1.165) is 38.2 Å². The fourth-order valence-corrected chi connectivity index (χ4v) is 4.66. The number of aromatic nitrogens is 3. The van der Waals surface area contributed by atoms with Gasteiger partial charge in [0.15, 0.2) is 0 Å². The molecule has 2 aromatic carbocycles. The van der Waals surface area contributed by atoms with Gasteiger partial charge in [-0.3, -0.25) is 4.90 Å². The number of nitrogens with one attached hydrogen (secondary N) is 1. The highest BCUT2D eigenvalue weighted by atomic mass is 19.4. The minimum Gasteiger partial charge on any atom is -0.457 e. The van der Waals surface area contributed by atoms with Crippen LogP contribution in [0.25, 0.3) is 11.0 Å². The van der Waals surface area contributed by atoms with Crippen LogP contribution in [-0.2, 0) is 19.8 Å². The molecule has 3 N–H and O–H groups in total. The first-order valence-corrected chi connectivity index (χ1v) is 12.5. The molecule has 11 heteroatoms. The molecule has 200 valence electrons. The number of benzene rings is 2. The molecule has 5 rings (SSSR count). The summed E-state index contributed by atoms with van der Waals surface area (Å²) in [6.07, 6.45) is -2.91. The quantitative estimate of drug-likeness (QED) is 0.341. The van der Waals surface area contributed by atoms with Gasteiger partial charge in [0.1, 0.15) is 17.3 Å². The van der Waals surface area contributed by atoms with Crippen LogP contribution in [0, 0.1) is 0 Å². The van der Waals surface area contributed by atoms with E-state index in [9.17, 15) is 13.2 Å². The van der Waals surface area contributed by atoms with Crippen molar-refractivity contribution in [3.05, 3.63) is 65.9 Å². The van der Waals surface area contributed by atoms with E-state index in [1.54, 1.807) is 54.2 Å². The molecule has 0 amide bonds. The molecule has 0 unspecified atom stereocenters. The van der Waals surface area contributed by atoms with Gasteiger partial charge < -0.3 is 25.3 Å². The molecule has 2 aromatic heterocycles. The zero-order valence-electron chi connectivity index (χ0n) is 21.3. The fourth-order valence-electron chi connectivity index (χ4n) is 4.66. The van der Waals surface area contributed by atoms with Crippen LogP contribution in [0.3, 0.4) is 0 Å². The number of hydrogen-bond donors (Lipinski definition) is 2. The van der Waals surface area contributed by atoms with Gasteiger partial charge >= 0.3 is 6.18 Å². The number of nitrogens with two attached hydrogens (primary N) is 1. The average Bonchev–Trinajstić information content (AvgIpc) is 3.19. The molecule has 8 nitrogen and oxygen atoms in total. The van der Waals surface area contributed by atoms with E-state index in [1.807, 2.05) is 6.07 Å².